The van der Waals surface area contributed by atoms with Crippen molar-refractivity contribution >= 4 is 11.3 Å². The highest BCUT2D eigenvalue weighted by Crippen LogP contribution is 2.26. The van der Waals surface area contributed by atoms with Gasteiger partial charge >= 0.3 is 0 Å². The third-order valence-electron chi connectivity index (χ3n) is 1.62. The van der Waals surface area contributed by atoms with E-state index in [0.29, 0.717) is 5.69 Å². The van der Waals surface area contributed by atoms with E-state index in [0.717, 1.165) is 17.8 Å². The molecular formula is C9H14FNS. The van der Waals surface area contributed by atoms with Gasteiger partial charge in [0.2, 0.25) is 0 Å². The van der Waals surface area contributed by atoms with Crippen LogP contribution in [0.2, 0.25) is 0 Å². The summed E-state index contributed by atoms with van der Waals surface area (Å²) in [5, 5.41) is 2.85. The molecule has 0 N–H and O–H groups in total. The molecule has 1 aromatic heterocycles. The lowest BCUT2D eigenvalue weighted by Crippen LogP contribution is -2.09. The predicted molar refractivity (Wildman–Crippen MR) is 50.2 cm³/mol. The number of thiazole rings is 1. The molecule has 0 aliphatic carbocycles. The van der Waals surface area contributed by atoms with E-state index in [1.54, 1.807) is 11.3 Å². The maximum absolute atomic E-state index is 13.3. The molecule has 0 spiro atoms. The molecule has 0 saturated carbocycles. The van der Waals surface area contributed by atoms with Gasteiger partial charge in [-0.05, 0) is 26.7 Å². The number of nitrogens with zero attached hydrogens (tertiary/aromatic N) is 1. The van der Waals surface area contributed by atoms with Crippen LogP contribution in [0.4, 0.5) is 4.39 Å². The predicted octanol–water partition coefficient (Wildman–Crippen LogP) is 3.30. The number of hydrogen-bond acceptors (Lipinski definition) is 2. The number of rotatable bonds is 3. The fraction of sp³-hybridized carbons (Fsp3) is 0.667. The van der Waals surface area contributed by atoms with Crippen molar-refractivity contribution < 1.29 is 4.39 Å². The Hall–Kier alpha value is -0.440. The summed E-state index contributed by atoms with van der Waals surface area (Å²) in [6, 6.07) is 0. The zero-order valence-electron chi connectivity index (χ0n) is 7.72. The molecule has 0 radical (unpaired) electrons. The number of halogens is 1. The average molecular weight is 187 g/mol. The summed E-state index contributed by atoms with van der Waals surface area (Å²) in [5.41, 5.74) is -0.724. The molecule has 3 heteroatoms. The van der Waals surface area contributed by atoms with Crippen molar-refractivity contribution in [3.05, 3.63) is 16.1 Å². The first kappa shape index (κ1) is 9.65. The number of alkyl halides is 1. The van der Waals surface area contributed by atoms with Gasteiger partial charge in [0, 0.05) is 5.38 Å². The lowest BCUT2D eigenvalue weighted by molar-refractivity contribution is 0.215. The van der Waals surface area contributed by atoms with Gasteiger partial charge in [0.05, 0.1) is 10.7 Å². The second kappa shape index (κ2) is 3.52. The smallest absolute Gasteiger partial charge is 0.148 e. The normalized spacial score (nSPS) is 12.0. The first-order valence-electron chi connectivity index (χ1n) is 4.18. The summed E-state index contributed by atoms with van der Waals surface area (Å²) in [7, 11) is 0. The van der Waals surface area contributed by atoms with Gasteiger partial charge in [-0.1, -0.05) is 6.92 Å². The average Bonchev–Trinajstić information content (AvgIpc) is 2.35. The second-order valence-corrected chi connectivity index (χ2v) is 4.29. The van der Waals surface area contributed by atoms with Gasteiger partial charge in [-0.15, -0.1) is 11.3 Å². The van der Waals surface area contributed by atoms with E-state index in [2.05, 4.69) is 11.9 Å². The summed E-state index contributed by atoms with van der Waals surface area (Å²) in [4.78, 5) is 4.21. The van der Waals surface area contributed by atoms with Crippen LogP contribution < -0.4 is 0 Å². The van der Waals surface area contributed by atoms with E-state index < -0.39 is 5.67 Å². The van der Waals surface area contributed by atoms with E-state index in [4.69, 9.17) is 0 Å². The molecule has 1 rings (SSSR count). The van der Waals surface area contributed by atoms with Crippen molar-refractivity contribution in [3.63, 3.8) is 0 Å². The summed E-state index contributed by atoms with van der Waals surface area (Å²) in [6.45, 7) is 5.18. The van der Waals surface area contributed by atoms with Crippen molar-refractivity contribution in [3.8, 4) is 0 Å². The monoisotopic (exact) mass is 187 g/mol. The molecule has 0 aliphatic rings. The molecule has 0 aliphatic heterocycles. The highest BCUT2D eigenvalue weighted by molar-refractivity contribution is 7.09. The van der Waals surface area contributed by atoms with Crippen molar-refractivity contribution in [1.82, 2.24) is 4.98 Å². The molecule has 0 fully saturated rings. The quantitative estimate of drug-likeness (QED) is 0.707. The molecule has 0 bridgehead atoms. The van der Waals surface area contributed by atoms with Gasteiger partial charge in [-0.2, -0.15) is 0 Å². The molecule has 1 heterocycles. The van der Waals surface area contributed by atoms with Crippen LogP contribution in [0.3, 0.4) is 0 Å². The molecule has 1 nitrogen and oxygen atoms in total. The Morgan fingerprint density at radius 2 is 2.25 bits per heavy atom. The van der Waals surface area contributed by atoms with E-state index >= 15 is 0 Å². The largest absolute Gasteiger partial charge is 0.243 e. The lowest BCUT2D eigenvalue weighted by atomic mass is 10.1. The first-order chi connectivity index (χ1) is 5.54. The topological polar surface area (TPSA) is 12.9 Å². The van der Waals surface area contributed by atoms with Gasteiger partial charge in [-0.25, -0.2) is 9.37 Å². The van der Waals surface area contributed by atoms with Gasteiger partial charge in [0.1, 0.15) is 5.67 Å². The Balaban J connectivity index is 2.77. The van der Waals surface area contributed by atoms with Crippen LogP contribution in [0.1, 0.15) is 37.9 Å². The van der Waals surface area contributed by atoms with Crippen LogP contribution in [0.15, 0.2) is 5.38 Å². The van der Waals surface area contributed by atoms with Crippen molar-refractivity contribution in [2.24, 2.45) is 0 Å². The molecule has 12 heavy (non-hydrogen) atoms. The van der Waals surface area contributed by atoms with Crippen LogP contribution in [0.25, 0.3) is 0 Å². The highest BCUT2D eigenvalue weighted by Gasteiger charge is 2.21. The van der Waals surface area contributed by atoms with Crippen LogP contribution in [-0.2, 0) is 12.1 Å². The Bertz CT molecular complexity index is 249. The van der Waals surface area contributed by atoms with Gasteiger partial charge in [-0.3, -0.25) is 0 Å². The lowest BCUT2D eigenvalue weighted by Gasteiger charge is -2.09. The van der Waals surface area contributed by atoms with Crippen molar-refractivity contribution in [2.45, 2.75) is 39.3 Å². The summed E-state index contributed by atoms with van der Waals surface area (Å²) in [6.07, 6.45) is 2.03. The van der Waals surface area contributed by atoms with Crippen LogP contribution >= 0.6 is 11.3 Å². The Morgan fingerprint density at radius 3 is 2.67 bits per heavy atom. The third-order valence-corrected chi connectivity index (χ3v) is 2.53. The highest BCUT2D eigenvalue weighted by atomic mass is 32.1. The molecule has 1 aromatic rings. The number of hydrogen-bond donors (Lipinski definition) is 0. The second-order valence-electron chi connectivity index (χ2n) is 3.35. The molecule has 0 saturated heterocycles. The fourth-order valence-electron chi connectivity index (χ4n) is 0.913. The summed E-state index contributed by atoms with van der Waals surface area (Å²) in [5.74, 6) is 0. The minimum absolute atomic E-state index is 0.566. The van der Waals surface area contributed by atoms with Crippen molar-refractivity contribution in [2.75, 3.05) is 0 Å². The van der Waals surface area contributed by atoms with Crippen molar-refractivity contribution in [1.29, 1.82) is 0 Å². The van der Waals surface area contributed by atoms with Gasteiger partial charge < -0.3 is 0 Å². The molecule has 0 aromatic carbocycles. The van der Waals surface area contributed by atoms with Gasteiger partial charge in [0.25, 0.3) is 0 Å². The maximum atomic E-state index is 13.3. The zero-order valence-corrected chi connectivity index (χ0v) is 8.54. The van der Waals surface area contributed by atoms with Crippen LogP contribution in [0.5, 0.6) is 0 Å². The minimum atomic E-state index is -1.29. The van der Waals surface area contributed by atoms with Gasteiger partial charge in [0.15, 0.2) is 0 Å². The molecule has 0 unspecified atom stereocenters. The van der Waals surface area contributed by atoms with Crippen LogP contribution in [-0.4, -0.2) is 4.98 Å². The summed E-state index contributed by atoms with van der Waals surface area (Å²) < 4.78 is 13.3. The SMILES string of the molecule is CCCc1nc(C(C)(C)F)cs1. The van der Waals surface area contributed by atoms with E-state index in [9.17, 15) is 4.39 Å². The Morgan fingerprint density at radius 1 is 1.58 bits per heavy atom. The first-order valence-corrected chi connectivity index (χ1v) is 5.06. The minimum Gasteiger partial charge on any atom is -0.243 e. The maximum Gasteiger partial charge on any atom is 0.148 e. The van der Waals surface area contributed by atoms with E-state index in [1.165, 1.54) is 13.8 Å². The number of aromatic nitrogens is 1. The number of aryl methyl sites for hydroxylation is 1. The zero-order chi connectivity index (χ0) is 9.19. The Kier molecular flexibility index (Phi) is 2.83. The molecule has 0 atom stereocenters. The Labute approximate surface area is 76.6 Å². The molecule has 68 valence electrons. The summed E-state index contributed by atoms with van der Waals surface area (Å²) >= 11 is 1.55. The standard InChI is InChI=1S/C9H14FNS/c1-4-5-8-11-7(6-12-8)9(2,3)10/h6H,4-5H2,1-3H3. The molecule has 0 amide bonds. The fourth-order valence-corrected chi connectivity index (χ4v) is 1.97. The van der Waals surface area contributed by atoms with E-state index in [1.807, 2.05) is 5.38 Å². The van der Waals surface area contributed by atoms with Crippen LogP contribution in [0, 0.1) is 0 Å². The third kappa shape index (κ3) is 2.27. The molecular weight excluding hydrogens is 173 g/mol. The van der Waals surface area contributed by atoms with E-state index in [-0.39, 0.29) is 0 Å².